The van der Waals surface area contributed by atoms with E-state index in [0.29, 0.717) is 5.69 Å². The van der Waals surface area contributed by atoms with Crippen LogP contribution in [0, 0.1) is 5.82 Å². The number of carbonyl (C=O) groups is 2. The quantitative estimate of drug-likeness (QED) is 0.734. The van der Waals surface area contributed by atoms with Crippen LogP contribution in [0.25, 0.3) is 0 Å². The van der Waals surface area contributed by atoms with Gasteiger partial charge in [-0.2, -0.15) is 0 Å². The molecule has 0 atom stereocenters. The summed E-state index contributed by atoms with van der Waals surface area (Å²) in [6, 6.07) is 10.8. The van der Waals surface area contributed by atoms with Gasteiger partial charge in [-0.25, -0.2) is 17.6 Å². The largest absolute Gasteiger partial charge is 0.482 e. The smallest absolute Gasteiger partial charge is 0.344 e. The first kappa shape index (κ1) is 19.4. The van der Waals surface area contributed by atoms with Gasteiger partial charge in [-0.05, 0) is 36.4 Å². The van der Waals surface area contributed by atoms with E-state index >= 15 is 0 Å². The number of carbonyl (C=O) groups excluding carboxylic acids is 2. The van der Waals surface area contributed by atoms with Crippen molar-refractivity contribution in [1.82, 2.24) is 0 Å². The van der Waals surface area contributed by atoms with Crippen molar-refractivity contribution in [1.29, 1.82) is 0 Å². The molecule has 0 aromatic heterocycles. The highest BCUT2D eigenvalue weighted by Crippen LogP contribution is 2.14. The number of hydrogen-bond acceptors (Lipinski definition) is 6. The third-order valence-corrected chi connectivity index (χ3v) is 4.21. The van der Waals surface area contributed by atoms with Gasteiger partial charge in [0.05, 0.1) is 4.90 Å². The normalized spacial score (nSPS) is 10.8. The fourth-order valence-corrected chi connectivity index (χ4v) is 2.50. The lowest BCUT2D eigenvalue weighted by molar-refractivity contribution is -0.149. The molecule has 0 saturated heterocycles. The number of esters is 1. The van der Waals surface area contributed by atoms with Crippen LogP contribution in [-0.4, -0.2) is 39.8 Å². The van der Waals surface area contributed by atoms with Crippen molar-refractivity contribution in [3.8, 4) is 5.75 Å². The molecule has 0 aliphatic rings. The van der Waals surface area contributed by atoms with Crippen molar-refractivity contribution >= 4 is 27.4 Å². The summed E-state index contributed by atoms with van der Waals surface area (Å²) >= 11 is 0. The van der Waals surface area contributed by atoms with E-state index < -0.39 is 40.7 Å². The Bertz CT molecular complexity index is 896. The van der Waals surface area contributed by atoms with Crippen LogP contribution in [0.4, 0.5) is 10.1 Å². The number of hydrogen-bond donors (Lipinski definition) is 1. The molecule has 2 aromatic carbocycles. The zero-order valence-electron chi connectivity index (χ0n) is 13.8. The fourth-order valence-electron chi connectivity index (χ4n) is 1.87. The maximum Gasteiger partial charge on any atom is 0.344 e. The summed E-state index contributed by atoms with van der Waals surface area (Å²) in [5.74, 6) is -1.73. The highest BCUT2D eigenvalue weighted by Gasteiger charge is 2.10. The number of halogens is 1. The lowest BCUT2D eigenvalue weighted by Crippen LogP contribution is -2.23. The Kier molecular flexibility index (Phi) is 6.29. The fraction of sp³-hybridized carbons (Fsp3) is 0.176. The Morgan fingerprint density at radius 2 is 1.77 bits per heavy atom. The standard InChI is InChI=1S/C17H16FNO6S/c1-26(22,23)15-7-5-13(6-8-15)19-16(20)10-25-17(21)11-24-14-4-2-3-12(18)9-14/h2-9H,10-11H2,1H3,(H,19,20). The second-order valence-corrected chi connectivity index (χ2v) is 7.27. The molecule has 138 valence electrons. The van der Waals surface area contributed by atoms with Crippen molar-refractivity contribution < 1.29 is 31.9 Å². The molecule has 0 aliphatic heterocycles. The minimum Gasteiger partial charge on any atom is -0.482 e. The molecular formula is C17H16FNO6S. The van der Waals surface area contributed by atoms with Crippen LogP contribution < -0.4 is 10.1 Å². The molecular weight excluding hydrogens is 365 g/mol. The topological polar surface area (TPSA) is 98.8 Å². The molecule has 9 heteroatoms. The van der Waals surface area contributed by atoms with Gasteiger partial charge >= 0.3 is 5.97 Å². The van der Waals surface area contributed by atoms with Gasteiger partial charge in [0.25, 0.3) is 5.91 Å². The molecule has 0 heterocycles. The zero-order valence-corrected chi connectivity index (χ0v) is 14.6. The predicted octanol–water partition coefficient (Wildman–Crippen LogP) is 1.79. The van der Waals surface area contributed by atoms with Crippen LogP contribution in [-0.2, 0) is 24.2 Å². The van der Waals surface area contributed by atoms with E-state index in [1.165, 1.54) is 42.5 Å². The predicted molar refractivity (Wildman–Crippen MR) is 91.0 cm³/mol. The number of sulfone groups is 1. The Labute approximate surface area is 149 Å². The van der Waals surface area contributed by atoms with Gasteiger partial charge in [0.15, 0.2) is 23.1 Å². The number of amides is 1. The maximum absolute atomic E-state index is 13.0. The number of anilines is 1. The Balaban J connectivity index is 1.76. The molecule has 7 nitrogen and oxygen atoms in total. The summed E-state index contributed by atoms with van der Waals surface area (Å²) < 4.78 is 45.4. The number of rotatable bonds is 7. The molecule has 0 saturated carbocycles. The van der Waals surface area contributed by atoms with E-state index in [-0.39, 0.29) is 10.6 Å². The molecule has 0 unspecified atom stereocenters. The molecule has 1 N–H and O–H groups in total. The van der Waals surface area contributed by atoms with Crippen molar-refractivity contribution in [3.05, 3.63) is 54.3 Å². The van der Waals surface area contributed by atoms with Gasteiger partial charge in [0.1, 0.15) is 11.6 Å². The van der Waals surface area contributed by atoms with Crippen LogP contribution in [0.15, 0.2) is 53.4 Å². The van der Waals surface area contributed by atoms with E-state index in [2.05, 4.69) is 5.32 Å². The molecule has 0 bridgehead atoms. The third kappa shape index (κ3) is 6.17. The Hall–Kier alpha value is -2.94. The van der Waals surface area contributed by atoms with Gasteiger partial charge in [0, 0.05) is 18.0 Å². The zero-order chi connectivity index (χ0) is 19.2. The molecule has 2 rings (SSSR count). The van der Waals surface area contributed by atoms with E-state index in [1.54, 1.807) is 0 Å². The van der Waals surface area contributed by atoms with Gasteiger partial charge < -0.3 is 14.8 Å². The highest BCUT2D eigenvalue weighted by molar-refractivity contribution is 7.90. The SMILES string of the molecule is CS(=O)(=O)c1ccc(NC(=O)COC(=O)COc2cccc(F)c2)cc1. The second kappa shape index (κ2) is 8.43. The summed E-state index contributed by atoms with van der Waals surface area (Å²) in [6.07, 6.45) is 1.08. The number of nitrogens with one attached hydrogen (secondary N) is 1. The van der Waals surface area contributed by atoms with Gasteiger partial charge in [0.2, 0.25) is 0 Å². The molecule has 0 spiro atoms. The van der Waals surface area contributed by atoms with Crippen LogP contribution in [0.2, 0.25) is 0 Å². The second-order valence-electron chi connectivity index (χ2n) is 5.25. The molecule has 26 heavy (non-hydrogen) atoms. The Morgan fingerprint density at radius 1 is 1.08 bits per heavy atom. The van der Waals surface area contributed by atoms with Crippen molar-refractivity contribution in [2.45, 2.75) is 4.90 Å². The minimum atomic E-state index is -3.32. The molecule has 2 aromatic rings. The van der Waals surface area contributed by atoms with E-state index in [0.717, 1.165) is 12.3 Å². The summed E-state index contributed by atoms with van der Waals surface area (Å²) in [7, 11) is -3.32. The van der Waals surface area contributed by atoms with Crippen molar-refractivity contribution in [3.63, 3.8) is 0 Å². The first-order valence-electron chi connectivity index (χ1n) is 7.38. The summed E-state index contributed by atoms with van der Waals surface area (Å²) in [5, 5.41) is 2.46. The van der Waals surface area contributed by atoms with Gasteiger partial charge in [-0.1, -0.05) is 6.07 Å². The van der Waals surface area contributed by atoms with E-state index in [4.69, 9.17) is 9.47 Å². The first-order valence-corrected chi connectivity index (χ1v) is 9.27. The van der Waals surface area contributed by atoms with E-state index in [9.17, 15) is 22.4 Å². The minimum absolute atomic E-state index is 0.122. The third-order valence-electron chi connectivity index (χ3n) is 3.08. The molecule has 0 fully saturated rings. The van der Waals surface area contributed by atoms with Gasteiger partial charge in [-0.15, -0.1) is 0 Å². The average molecular weight is 381 g/mol. The maximum atomic E-state index is 13.0. The molecule has 1 amide bonds. The lowest BCUT2D eigenvalue weighted by atomic mass is 10.3. The highest BCUT2D eigenvalue weighted by atomic mass is 32.2. The van der Waals surface area contributed by atoms with E-state index in [1.807, 2.05) is 0 Å². The lowest BCUT2D eigenvalue weighted by Gasteiger charge is -2.08. The summed E-state index contributed by atoms with van der Waals surface area (Å²) in [5.41, 5.74) is 0.356. The summed E-state index contributed by atoms with van der Waals surface area (Å²) in [4.78, 5) is 23.4. The van der Waals surface area contributed by atoms with Crippen LogP contribution >= 0.6 is 0 Å². The average Bonchev–Trinajstić information content (AvgIpc) is 2.58. The molecule has 0 aliphatic carbocycles. The van der Waals surface area contributed by atoms with Crippen LogP contribution in [0.1, 0.15) is 0 Å². The monoisotopic (exact) mass is 381 g/mol. The van der Waals surface area contributed by atoms with Crippen molar-refractivity contribution in [2.24, 2.45) is 0 Å². The number of ether oxygens (including phenoxy) is 2. The Morgan fingerprint density at radius 3 is 2.38 bits per heavy atom. The first-order chi connectivity index (χ1) is 12.2. The number of benzene rings is 2. The van der Waals surface area contributed by atoms with Crippen LogP contribution in [0.5, 0.6) is 5.75 Å². The van der Waals surface area contributed by atoms with Gasteiger partial charge in [-0.3, -0.25) is 4.79 Å². The molecule has 0 radical (unpaired) electrons. The summed E-state index contributed by atoms with van der Waals surface area (Å²) in [6.45, 7) is -1.01. The van der Waals surface area contributed by atoms with Crippen LogP contribution in [0.3, 0.4) is 0 Å². The van der Waals surface area contributed by atoms with Crippen molar-refractivity contribution in [2.75, 3.05) is 24.8 Å².